The average Bonchev–Trinajstić information content (AvgIpc) is 2.42. The zero-order valence-electron chi connectivity index (χ0n) is 11.9. The van der Waals surface area contributed by atoms with Crippen LogP contribution in [-0.4, -0.2) is 8.42 Å². The summed E-state index contributed by atoms with van der Waals surface area (Å²) in [5, 5.41) is 0.571. The lowest BCUT2D eigenvalue weighted by molar-refractivity contribution is 0.581. The molecular formula is C15H17ClN2O2S. The van der Waals surface area contributed by atoms with Gasteiger partial charge in [-0.1, -0.05) is 23.7 Å². The summed E-state index contributed by atoms with van der Waals surface area (Å²) >= 11 is 5.88. The summed E-state index contributed by atoms with van der Waals surface area (Å²) in [7, 11) is -3.61. The van der Waals surface area contributed by atoms with Crippen LogP contribution in [0.5, 0.6) is 0 Å². The highest BCUT2D eigenvalue weighted by Crippen LogP contribution is 2.21. The van der Waals surface area contributed by atoms with Gasteiger partial charge in [0.15, 0.2) is 0 Å². The molecule has 3 N–H and O–H groups in total. The molecule has 6 heteroatoms. The summed E-state index contributed by atoms with van der Waals surface area (Å²) in [5.41, 5.74) is 8.84. The molecule has 0 fully saturated rings. The van der Waals surface area contributed by atoms with Gasteiger partial charge in [0, 0.05) is 17.3 Å². The maximum Gasteiger partial charge on any atom is 0.240 e. The zero-order chi connectivity index (χ0) is 15.6. The van der Waals surface area contributed by atoms with Gasteiger partial charge >= 0.3 is 0 Å². The summed E-state index contributed by atoms with van der Waals surface area (Å²) in [5.74, 6) is 0. The molecule has 0 aliphatic carbocycles. The maximum absolute atomic E-state index is 12.3. The summed E-state index contributed by atoms with van der Waals surface area (Å²) in [6.45, 7) is 3.87. The number of aryl methyl sites for hydroxylation is 1. The number of sulfonamides is 1. The normalized spacial score (nSPS) is 11.6. The third-order valence-corrected chi connectivity index (χ3v) is 4.96. The number of nitrogens with two attached hydrogens (primary N) is 1. The zero-order valence-corrected chi connectivity index (χ0v) is 13.4. The van der Waals surface area contributed by atoms with Crippen LogP contribution in [0.3, 0.4) is 0 Å². The van der Waals surface area contributed by atoms with Crippen LogP contribution < -0.4 is 10.5 Å². The minimum absolute atomic E-state index is 0.171. The quantitative estimate of drug-likeness (QED) is 0.849. The minimum atomic E-state index is -3.61. The van der Waals surface area contributed by atoms with Crippen LogP contribution in [0.15, 0.2) is 41.3 Å². The number of nitrogens with one attached hydrogen (secondary N) is 1. The van der Waals surface area contributed by atoms with Crippen LogP contribution in [0.25, 0.3) is 0 Å². The van der Waals surface area contributed by atoms with Crippen molar-refractivity contribution in [3.63, 3.8) is 0 Å². The van der Waals surface area contributed by atoms with Crippen molar-refractivity contribution in [3.8, 4) is 0 Å². The Morgan fingerprint density at radius 3 is 2.52 bits per heavy atom. The van der Waals surface area contributed by atoms with E-state index < -0.39 is 10.0 Å². The highest BCUT2D eigenvalue weighted by atomic mass is 35.5. The Balaban J connectivity index is 2.23. The fraction of sp³-hybridized carbons (Fsp3) is 0.200. The second-order valence-electron chi connectivity index (χ2n) is 4.91. The Labute approximate surface area is 130 Å². The molecule has 2 rings (SSSR count). The third-order valence-electron chi connectivity index (χ3n) is 3.35. The van der Waals surface area contributed by atoms with Crippen LogP contribution in [0.2, 0.25) is 5.02 Å². The smallest absolute Gasteiger partial charge is 0.240 e. The number of halogens is 1. The van der Waals surface area contributed by atoms with Gasteiger partial charge < -0.3 is 5.73 Å². The van der Waals surface area contributed by atoms with Gasteiger partial charge in [0.2, 0.25) is 10.0 Å². The first-order chi connectivity index (χ1) is 9.79. The molecule has 0 bridgehead atoms. The van der Waals surface area contributed by atoms with Gasteiger partial charge in [0.25, 0.3) is 0 Å². The number of rotatable bonds is 4. The topological polar surface area (TPSA) is 72.2 Å². The summed E-state index contributed by atoms with van der Waals surface area (Å²) in [4.78, 5) is 0.171. The number of nitrogen functional groups attached to an aromatic ring is 1. The Morgan fingerprint density at radius 2 is 1.90 bits per heavy atom. The lowest BCUT2D eigenvalue weighted by Crippen LogP contribution is -2.23. The predicted octanol–water partition coefficient (Wildman–Crippen LogP) is 3.02. The number of benzene rings is 2. The van der Waals surface area contributed by atoms with Gasteiger partial charge in [-0.3, -0.25) is 0 Å². The highest BCUT2D eigenvalue weighted by Gasteiger charge is 2.16. The van der Waals surface area contributed by atoms with Gasteiger partial charge in [-0.25, -0.2) is 13.1 Å². The van der Waals surface area contributed by atoms with Gasteiger partial charge in [-0.15, -0.1) is 0 Å². The molecule has 0 saturated carbocycles. The maximum atomic E-state index is 12.3. The van der Waals surface area contributed by atoms with E-state index in [1.54, 1.807) is 24.3 Å². The first kappa shape index (κ1) is 15.8. The van der Waals surface area contributed by atoms with Gasteiger partial charge in [0.1, 0.15) is 0 Å². The Kier molecular flexibility index (Phi) is 4.56. The van der Waals surface area contributed by atoms with Crippen molar-refractivity contribution in [3.05, 3.63) is 58.1 Å². The minimum Gasteiger partial charge on any atom is -0.398 e. The van der Waals surface area contributed by atoms with E-state index in [1.165, 1.54) is 6.07 Å². The molecule has 0 radical (unpaired) electrons. The second-order valence-corrected chi connectivity index (χ2v) is 7.11. The van der Waals surface area contributed by atoms with E-state index in [2.05, 4.69) is 4.72 Å². The Bertz CT molecular complexity index is 750. The molecule has 0 aliphatic heterocycles. The molecule has 0 atom stereocenters. The van der Waals surface area contributed by atoms with Crippen LogP contribution >= 0.6 is 11.6 Å². The van der Waals surface area contributed by atoms with Gasteiger partial charge in [-0.05, 0) is 54.8 Å². The third kappa shape index (κ3) is 3.75. The average molecular weight is 325 g/mol. The first-order valence-corrected chi connectivity index (χ1v) is 8.26. The molecule has 0 amide bonds. The highest BCUT2D eigenvalue weighted by molar-refractivity contribution is 7.89. The molecule has 112 valence electrons. The van der Waals surface area contributed by atoms with Gasteiger partial charge in [0.05, 0.1) is 4.90 Å². The van der Waals surface area contributed by atoms with E-state index in [0.29, 0.717) is 10.7 Å². The van der Waals surface area contributed by atoms with Crippen molar-refractivity contribution in [1.29, 1.82) is 0 Å². The summed E-state index contributed by atoms with van der Waals surface area (Å²) in [6.07, 6.45) is 0. The molecule has 4 nitrogen and oxygen atoms in total. The molecule has 0 aliphatic rings. The van der Waals surface area contributed by atoms with Crippen LogP contribution in [0.4, 0.5) is 5.69 Å². The Hall–Kier alpha value is -1.56. The van der Waals surface area contributed by atoms with E-state index >= 15 is 0 Å². The van der Waals surface area contributed by atoms with Gasteiger partial charge in [-0.2, -0.15) is 0 Å². The number of hydrogen-bond donors (Lipinski definition) is 2. The van der Waals surface area contributed by atoms with Crippen molar-refractivity contribution in [2.75, 3.05) is 5.73 Å². The lowest BCUT2D eigenvalue weighted by Gasteiger charge is -2.11. The fourth-order valence-corrected chi connectivity index (χ4v) is 3.27. The van der Waals surface area contributed by atoms with Crippen molar-refractivity contribution in [2.45, 2.75) is 25.3 Å². The molecule has 0 spiro atoms. The van der Waals surface area contributed by atoms with Crippen molar-refractivity contribution in [2.24, 2.45) is 0 Å². The first-order valence-electron chi connectivity index (χ1n) is 6.40. The van der Waals surface area contributed by atoms with Crippen LogP contribution in [0.1, 0.15) is 16.7 Å². The number of anilines is 1. The monoisotopic (exact) mass is 324 g/mol. The Morgan fingerprint density at radius 1 is 1.19 bits per heavy atom. The van der Waals surface area contributed by atoms with E-state index in [9.17, 15) is 8.42 Å². The van der Waals surface area contributed by atoms with E-state index in [-0.39, 0.29) is 11.4 Å². The van der Waals surface area contributed by atoms with Crippen LogP contribution in [0, 0.1) is 13.8 Å². The molecule has 2 aromatic carbocycles. The molecule has 2 aromatic rings. The van der Waals surface area contributed by atoms with E-state index in [0.717, 1.165) is 16.7 Å². The van der Waals surface area contributed by atoms with E-state index in [4.69, 9.17) is 17.3 Å². The molecule has 0 aromatic heterocycles. The van der Waals surface area contributed by atoms with E-state index in [1.807, 2.05) is 19.9 Å². The standard InChI is InChI=1S/C15H17ClN2O2S/c1-10-6-14(8-15(17)11(10)2)21(19,20)18-9-12-4-3-5-13(16)7-12/h3-8,18H,9,17H2,1-2H3. The largest absolute Gasteiger partial charge is 0.398 e. The molecule has 0 heterocycles. The van der Waals surface area contributed by atoms with Crippen molar-refractivity contribution in [1.82, 2.24) is 4.72 Å². The molecule has 0 saturated heterocycles. The lowest BCUT2D eigenvalue weighted by atomic mass is 10.1. The molecular weight excluding hydrogens is 308 g/mol. The second kappa shape index (κ2) is 6.05. The molecule has 0 unspecified atom stereocenters. The fourth-order valence-electron chi connectivity index (χ4n) is 1.92. The SMILES string of the molecule is Cc1cc(S(=O)(=O)NCc2cccc(Cl)c2)cc(N)c1C. The van der Waals surface area contributed by atoms with Crippen LogP contribution in [-0.2, 0) is 16.6 Å². The van der Waals surface area contributed by atoms with Crippen molar-refractivity contribution < 1.29 is 8.42 Å². The number of hydrogen-bond acceptors (Lipinski definition) is 3. The summed E-state index contributed by atoms with van der Waals surface area (Å²) < 4.78 is 27.2. The van der Waals surface area contributed by atoms with Crippen molar-refractivity contribution >= 4 is 27.3 Å². The predicted molar refractivity (Wildman–Crippen MR) is 85.8 cm³/mol. The molecule has 21 heavy (non-hydrogen) atoms. The summed E-state index contributed by atoms with van der Waals surface area (Å²) in [6, 6.07) is 10.1.